The number of nitrogens with one attached hydrogen (secondary N) is 1. The highest BCUT2D eigenvalue weighted by molar-refractivity contribution is 5.77. The van der Waals surface area contributed by atoms with Gasteiger partial charge in [0.15, 0.2) is 0 Å². The van der Waals surface area contributed by atoms with E-state index in [9.17, 15) is 4.79 Å². The molecule has 1 N–H and O–H groups in total. The van der Waals surface area contributed by atoms with Crippen LogP contribution in [0.2, 0.25) is 0 Å². The number of hydrogen-bond donors (Lipinski definition) is 1. The normalized spacial score (nSPS) is 30.8. The molecule has 4 atom stereocenters. The molecule has 3 heteroatoms. The number of hydrogen-bond acceptors (Lipinski definition) is 3. The summed E-state index contributed by atoms with van der Waals surface area (Å²) >= 11 is 0. The van der Waals surface area contributed by atoms with Gasteiger partial charge < -0.3 is 10.1 Å². The highest BCUT2D eigenvalue weighted by Gasteiger charge is 2.35. The quantitative estimate of drug-likeness (QED) is 0.864. The second-order valence-corrected chi connectivity index (χ2v) is 7.71. The van der Waals surface area contributed by atoms with Gasteiger partial charge in [-0.3, -0.25) is 4.79 Å². The van der Waals surface area contributed by atoms with E-state index >= 15 is 0 Å². The Labute approximate surface area is 139 Å². The zero-order chi connectivity index (χ0) is 16.4. The first-order valence-corrected chi connectivity index (χ1v) is 9.05. The van der Waals surface area contributed by atoms with E-state index < -0.39 is 0 Å². The molecule has 1 aromatic rings. The highest BCUT2D eigenvalue weighted by atomic mass is 16.5. The summed E-state index contributed by atoms with van der Waals surface area (Å²) in [6.45, 7) is 7.52. The summed E-state index contributed by atoms with van der Waals surface area (Å²) in [5.74, 6) is 1.67. The minimum atomic E-state index is -0.199. The first kappa shape index (κ1) is 16.5. The fraction of sp³-hybridized carbons (Fsp3) is 0.650. The molecule has 3 nitrogen and oxygen atoms in total. The van der Waals surface area contributed by atoms with Crippen LogP contribution >= 0.6 is 0 Å². The second kappa shape index (κ2) is 7.04. The predicted octanol–water partition coefficient (Wildman–Crippen LogP) is 3.70. The lowest BCUT2D eigenvalue weighted by molar-refractivity contribution is -0.158. The van der Waals surface area contributed by atoms with Crippen molar-refractivity contribution in [3.8, 4) is 0 Å². The summed E-state index contributed by atoms with van der Waals surface area (Å²) < 4.78 is 5.99. The van der Waals surface area contributed by atoms with Crippen molar-refractivity contribution in [2.75, 3.05) is 0 Å². The van der Waals surface area contributed by atoms with E-state index in [2.05, 4.69) is 44.3 Å². The van der Waals surface area contributed by atoms with Gasteiger partial charge in [0.05, 0.1) is 0 Å². The minimum absolute atomic E-state index is 0.0655. The van der Waals surface area contributed by atoms with Gasteiger partial charge in [-0.2, -0.15) is 0 Å². The molecule has 3 rings (SSSR count). The van der Waals surface area contributed by atoms with Crippen LogP contribution in [0.25, 0.3) is 0 Å². The minimum Gasteiger partial charge on any atom is -0.461 e. The third-order valence-corrected chi connectivity index (χ3v) is 5.59. The standard InChI is InChI=1S/C20H29NO2/c1-13(2)17-9-8-14(3)10-19(17)23-20(22)18-11-15-6-4-5-7-16(15)12-21-18/h4-7,13-14,17-19,21H,8-12H2,1-3H3/t14-,17+,18-,19-/m1/s1. The topological polar surface area (TPSA) is 38.3 Å². The average Bonchev–Trinajstić information content (AvgIpc) is 2.54. The van der Waals surface area contributed by atoms with Crippen LogP contribution < -0.4 is 5.32 Å². The number of ether oxygens (including phenoxy) is 1. The highest BCUT2D eigenvalue weighted by Crippen LogP contribution is 2.35. The summed E-state index contributed by atoms with van der Waals surface area (Å²) in [4.78, 5) is 12.7. The van der Waals surface area contributed by atoms with Crippen molar-refractivity contribution in [3.05, 3.63) is 35.4 Å². The number of rotatable bonds is 3. The number of fused-ring (bicyclic) bond motifs is 1. The van der Waals surface area contributed by atoms with Crippen molar-refractivity contribution < 1.29 is 9.53 Å². The van der Waals surface area contributed by atoms with Gasteiger partial charge in [0, 0.05) is 6.54 Å². The monoisotopic (exact) mass is 315 g/mol. The van der Waals surface area contributed by atoms with E-state index in [0.717, 1.165) is 19.4 Å². The number of esters is 1. The summed E-state index contributed by atoms with van der Waals surface area (Å²) in [6.07, 6.45) is 4.27. The largest absolute Gasteiger partial charge is 0.461 e. The molecular weight excluding hydrogens is 286 g/mol. The lowest BCUT2D eigenvalue weighted by Crippen LogP contribution is -2.46. The van der Waals surface area contributed by atoms with Crippen LogP contribution in [0.1, 0.15) is 51.2 Å². The number of benzene rings is 1. The Morgan fingerprint density at radius 2 is 1.96 bits per heavy atom. The van der Waals surface area contributed by atoms with E-state index in [1.165, 1.54) is 24.0 Å². The number of carbonyl (C=O) groups is 1. The molecule has 0 saturated heterocycles. The maximum atomic E-state index is 12.7. The van der Waals surface area contributed by atoms with Gasteiger partial charge in [-0.15, -0.1) is 0 Å². The van der Waals surface area contributed by atoms with Crippen LogP contribution in [0, 0.1) is 17.8 Å². The van der Waals surface area contributed by atoms with Gasteiger partial charge in [0.1, 0.15) is 12.1 Å². The molecule has 1 aliphatic heterocycles. The van der Waals surface area contributed by atoms with Gasteiger partial charge in [0.2, 0.25) is 0 Å². The molecule has 2 aliphatic rings. The Balaban J connectivity index is 1.64. The molecule has 1 saturated carbocycles. The molecule has 0 amide bonds. The van der Waals surface area contributed by atoms with Crippen LogP contribution in [0.15, 0.2) is 24.3 Å². The van der Waals surface area contributed by atoms with Gasteiger partial charge >= 0.3 is 5.97 Å². The van der Waals surface area contributed by atoms with E-state index in [-0.39, 0.29) is 18.1 Å². The summed E-state index contributed by atoms with van der Waals surface area (Å²) in [5.41, 5.74) is 2.56. The van der Waals surface area contributed by atoms with Crippen molar-refractivity contribution in [3.63, 3.8) is 0 Å². The fourth-order valence-electron chi connectivity index (χ4n) is 4.10. The van der Waals surface area contributed by atoms with Gasteiger partial charge in [-0.25, -0.2) is 0 Å². The van der Waals surface area contributed by atoms with Crippen LogP contribution in [-0.2, 0) is 22.5 Å². The fourth-order valence-corrected chi connectivity index (χ4v) is 4.10. The van der Waals surface area contributed by atoms with Crippen LogP contribution in [0.4, 0.5) is 0 Å². The van der Waals surface area contributed by atoms with Crippen molar-refractivity contribution in [2.45, 2.75) is 65.1 Å². The van der Waals surface area contributed by atoms with Crippen molar-refractivity contribution in [2.24, 2.45) is 17.8 Å². The molecular formula is C20H29NO2. The molecule has 126 valence electrons. The Morgan fingerprint density at radius 3 is 2.70 bits per heavy atom. The summed E-state index contributed by atoms with van der Waals surface area (Å²) in [5, 5.41) is 3.35. The third kappa shape index (κ3) is 3.77. The Kier molecular flexibility index (Phi) is 5.05. The zero-order valence-corrected chi connectivity index (χ0v) is 14.5. The molecule has 0 bridgehead atoms. The lowest BCUT2D eigenvalue weighted by atomic mass is 9.75. The molecule has 1 aliphatic carbocycles. The van der Waals surface area contributed by atoms with Crippen LogP contribution in [0.3, 0.4) is 0 Å². The predicted molar refractivity (Wildman–Crippen MR) is 92.0 cm³/mol. The maximum Gasteiger partial charge on any atom is 0.323 e. The van der Waals surface area contributed by atoms with Crippen LogP contribution in [-0.4, -0.2) is 18.1 Å². The maximum absolute atomic E-state index is 12.7. The molecule has 1 fully saturated rings. The Bertz CT molecular complexity index is 554. The van der Waals surface area contributed by atoms with Crippen LogP contribution in [0.5, 0.6) is 0 Å². The van der Waals surface area contributed by atoms with Crippen molar-refractivity contribution in [1.82, 2.24) is 5.32 Å². The molecule has 0 aromatic heterocycles. The first-order valence-electron chi connectivity index (χ1n) is 9.05. The smallest absolute Gasteiger partial charge is 0.323 e. The molecule has 1 heterocycles. The summed E-state index contributed by atoms with van der Waals surface area (Å²) in [7, 11) is 0. The zero-order valence-electron chi connectivity index (χ0n) is 14.5. The van der Waals surface area contributed by atoms with E-state index in [4.69, 9.17) is 4.74 Å². The van der Waals surface area contributed by atoms with E-state index in [1.807, 2.05) is 6.07 Å². The average molecular weight is 315 g/mol. The Morgan fingerprint density at radius 1 is 1.22 bits per heavy atom. The first-order chi connectivity index (χ1) is 11.0. The van der Waals surface area contributed by atoms with E-state index in [0.29, 0.717) is 17.8 Å². The van der Waals surface area contributed by atoms with Crippen molar-refractivity contribution in [1.29, 1.82) is 0 Å². The third-order valence-electron chi connectivity index (χ3n) is 5.59. The second-order valence-electron chi connectivity index (χ2n) is 7.71. The molecule has 0 unspecified atom stereocenters. The Hall–Kier alpha value is -1.35. The van der Waals surface area contributed by atoms with Gasteiger partial charge in [-0.05, 0) is 48.1 Å². The SMILES string of the molecule is CC(C)[C@@H]1CC[C@@H](C)C[C@H]1OC(=O)[C@H]1Cc2ccccc2CN1. The van der Waals surface area contributed by atoms with Gasteiger partial charge in [-0.1, -0.05) is 51.5 Å². The molecule has 0 radical (unpaired) electrons. The lowest BCUT2D eigenvalue weighted by Gasteiger charge is -2.37. The molecule has 0 spiro atoms. The van der Waals surface area contributed by atoms with Crippen molar-refractivity contribution >= 4 is 5.97 Å². The van der Waals surface area contributed by atoms with Gasteiger partial charge in [0.25, 0.3) is 0 Å². The molecule has 1 aromatic carbocycles. The summed E-state index contributed by atoms with van der Waals surface area (Å²) in [6, 6.07) is 8.15. The van der Waals surface area contributed by atoms with E-state index in [1.54, 1.807) is 0 Å². The number of carbonyl (C=O) groups excluding carboxylic acids is 1. The molecule has 23 heavy (non-hydrogen) atoms.